The third kappa shape index (κ3) is 5.70. The van der Waals surface area contributed by atoms with Crippen molar-refractivity contribution in [1.29, 1.82) is 0 Å². The summed E-state index contributed by atoms with van der Waals surface area (Å²) in [6.07, 6.45) is 2.76. The van der Waals surface area contributed by atoms with Crippen molar-refractivity contribution in [3.63, 3.8) is 0 Å². The number of nitrogens with zero attached hydrogens (tertiary/aromatic N) is 1. The first-order valence-corrected chi connectivity index (χ1v) is 11.4. The second-order valence-corrected chi connectivity index (χ2v) is 9.10. The van der Waals surface area contributed by atoms with Gasteiger partial charge in [0, 0.05) is 31.6 Å². The van der Waals surface area contributed by atoms with Crippen LogP contribution in [0.15, 0.2) is 12.1 Å². The zero-order valence-corrected chi connectivity index (χ0v) is 19.3. The van der Waals surface area contributed by atoms with Gasteiger partial charge < -0.3 is 24.4 Å². The summed E-state index contributed by atoms with van der Waals surface area (Å²) < 4.78 is 18.0. The van der Waals surface area contributed by atoms with Gasteiger partial charge in [0.1, 0.15) is 11.9 Å². The summed E-state index contributed by atoms with van der Waals surface area (Å²) in [4.78, 5) is 25.0. The highest BCUT2D eigenvalue weighted by atomic mass is 16.6. The smallest absolute Gasteiger partial charge is 0.410 e. The standard InChI is InChI=1S/C24H36N2O5/c1-15(2)29-23-17(5)6-7-19-20(23)12-21(31-22(19)13-25-14-27)18-8-10-26(11-9-18)24(28)30-16(3)4/h6-7,14-16,18,21-22H,8-13H2,1-5H3,(H,25,27). The first-order valence-electron chi connectivity index (χ1n) is 11.4. The van der Waals surface area contributed by atoms with Crippen molar-refractivity contribution in [2.45, 2.75) is 78.3 Å². The molecule has 1 fully saturated rings. The summed E-state index contributed by atoms with van der Waals surface area (Å²) in [7, 11) is 0. The van der Waals surface area contributed by atoms with Crippen LogP contribution in [0.4, 0.5) is 4.79 Å². The molecule has 7 heteroatoms. The van der Waals surface area contributed by atoms with Gasteiger partial charge >= 0.3 is 6.09 Å². The molecule has 2 heterocycles. The van der Waals surface area contributed by atoms with Gasteiger partial charge in [-0.1, -0.05) is 12.1 Å². The molecule has 2 unspecified atom stereocenters. The second-order valence-electron chi connectivity index (χ2n) is 9.10. The lowest BCUT2D eigenvalue weighted by molar-refractivity contribution is -0.111. The predicted molar refractivity (Wildman–Crippen MR) is 118 cm³/mol. The largest absolute Gasteiger partial charge is 0.490 e. The van der Waals surface area contributed by atoms with Crippen molar-refractivity contribution >= 4 is 12.5 Å². The average molecular weight is 433 g/mol. The molecule has 0 radical (unpaired) electrons. The molecule has 3 rings (SSSR count). The molecule has 7 nitrogen and oxygen atoms in total. The fraction of sp³-hybridized carbons (Fsp3) is 0.667. The maximum Gasteiger partial charge on any atom is 0.410 e. The Morgan fingerprint density at radius 1 is 1.23 bits per heavy atom. The Hall–Kier alpha value is -2.28. The molecule has 1 aromatic rings. The molecule has 31 heavy (non-hydrogen) atoms. The first kappa shape index (κ1) is 23.4. The van der Waals surface area contributed by atoms with E-state index < -0.39 is 0 Å². The molecule has 2 aliphatic rings. The predicted octanol–water partition coefficient (Wildman–Crippen LogP) is 3.77. The topological polar surface area (TPSA) is 77.1 Å². The maximum absolute atomic E-state index is 12.2. The number of carbonyl (C=O) groups excluding carboxylic acids is 2. The van der Waals surface area contributed by atoms with Gasteiger partial charge in [-0.2, -0.15) is 0 Å². The van der Waals surface area contributed by atoms with E-state index in [0.717, 1.165) is 36.1 Å². The highest BCUT2D eigenvalue weighted by molar-refractivity contribution is 5.67. The minimum absolute atomic E-state index is 0.0190. The van der Waals surface area contributed by atoms with E-state index in [-0.39, 0.29) is 30.5 Å². The number of aryl methyl sites for hydroxylation is 1. The van der Waals surface area contributed by atoms with Crippen molar-refractivity contribution in [3.05, 3.63) is 28.8 Å². The SMILES string of the molecule is Cc1ccc2c(c1OC(C)C)CC(C1CCN(C(=O)OC(C)C)CC1)OC2CNC=O. The van der Waals surface area contributed by atoms with Crippen molar-refractivity contribution in [3.8, 4) is 5.75 Å². The summed E-state index contributed by atoms with van der Waals surface area (Å²) in [5.74, 6) is 1.28. The van der Waals surface area contributed by atoms with Gasteiger partial charge in [-0.15, -0.1) is 0 Å². The van der Waals surface area contributed by atoms with Crippen LogP contribution in [0.5, 0.6) is 5.75 Å². The zero-order valence-electron chi connectivity index (χ0n) is 19.3. The normalized spacial score (nSPS) is 21.7. The van der Waals surface area contributed by atoms with Crippen molar-refractivity contribution in [2.24, 2.45) is 5.92 Å². The Morgan fingerprint density at radius 3 is 2.55 bits per heavy atom. The summed E-state index contributed by atoms with van der Waals surface area (Å²) in [5.41, 5.74) is 3.38. The summed E-state index contributed by atoms with van der Waals surface area (Å²) >= 11 is 0. The molecular weight excluding hydrogens is 396 g/mol. The van der Waals surface area contributed by atoms with Crippen LogP contribution in [-0.2, 0) is 20.7 Å². The van der Waals surface area contributed by atoms with Crippen molar-refractivity contribution < 1.29 is 23.8 Å². The molecule has 0 bridgehead atoms. The lowest BCUT2D eigenvalue weighted by atomic mass is 9.83. The van der Waals surface area contributed by atoms with Gasteiger partial charge in [0.05, 0.1) is 18.3 Å². The quantitative estimate of drug-likeness (QED) is 0.664. The highest BCUT2D eigenvalue weighted by Gasteiger charge is 2.37. The molecule has 0 saturated carbocycles. The van der Waals surface area contributed by atoms with E-state index in [0.29, 0.717) is 32.0 Å². The summed E-state index contributed by atoms with van der Waals surface area (Å²) in [6, 6.07) is 4.16. The van der Waals surface area contributed by atoms with E-state index in [2.05, 4.69) is 24.4 Å². The van der Waals surface area contributed by atoms with E-state index >= 15 is 0 Å². The lowest BCUT2D eigenvalue weighted by Gasteiger charge is -2.41. The minimum Gasteiger partial charge on any atom is -0.490 e. The van der Waals surface area contributed by atoms with E-state index in [9.17, 15) is 9.59 Å². The third-order valence-corrected chi connectivity index (χ3v) is 5.99. The van der Waals surface area contributed by atoms with E-state index in [4.69, 9.17) is 14.2 Å². The van der Waals surface area contributed by atoms with E-state index in [1.54, 1.807) is 4.90 Å². The van der Waals surface area contributed by atoms with Gasteiger partial charge in [-0.25, -0.2) is 4.79 Å². The average Bonchev–Trinajstić information content (AvgIpc) is 2.73. The number of hydrogen-bond acceptors (Lipinski definition) is 5. The number of fused-ring (bicyclic) bond motifs is 1. The van der Waals surface area contributed by atoms with Gasteiger partial charge in [0.15, 0.2) is 0 Å². The summed E-state index contributed by atoms with van der Waals surface area (Å²) in [5, 5.41) is 2.78. The highest BCUT2D eigenvalue weighted by Crippen LogP contribution is 2.41. The number of rotatable bonds is 7. The Morgan fingerprint density at radius 2 is 1.94 bits per heavy atom. The molecule has 1 N–H and O–H groups in total. The Bertz CT molecular complexity index is 771. The van der Waals surface area contributed by atoms with Crippen molar-refractivity contribution in [1.82, 2.24) is 10.2 Å². The number of amides is 2. The van der Waals surface area contributed by atoms with Gasteiger partial charge in [-0.3, -0.25) is 4.79 Å². The van der Waals surface area contributed by atoms with E-state index in [1.165, 1.54) is 5.56 Å². The molecule has 2 amide bonds. The van der Waals surface area contributed by atoms with Gasteiger partial charge in [0.2, 0.25) is 6.41 Å². The number of hydrogen-bond donors (Lipinski definition) is 1. The molecule has 1 saturated heterocycles. The number of likely N-dealkylation sites (tertiary alicyclic amines) is 1. The number of ether oxygens (including phenoxy) is 3. The molecule has 0 aromatic heterocycles. The minimum atomic E-state index is -0.236. The third-order valence-electron chi connectivity index (χ3n) is 5.99. The number of carbonyl (C=O) groups is 2. The Labute approximate surface area is 185 Å². The number of benzene rings is 1. The van der Waals surface area contributed by atoms with Crippen LogP contribution in [0.25, 0.3) is 0 Å². The molecule has 2 atom stereocenters. The number of nitrogens with one attached hydrogen (secondary N) is 1. The Balaban J connectivity index is 1.78. The molecule has 1 aromatic carbocycles. The second kappa shape index (κ2) is 10.4. The summed E-state index contributed by atoms with van der Waals surface area (Å²) in [6.45, 7) is 11.6. The zero-order chi connectivity index (χ0) is 22.5. The van der Waals surface area contributed by atoms with Crippen LogP contribution >= 0.6 is 0 Å². The first-order chi connectivity index (χ1) is 14.8. The fourth-order valence-corrected chi connectivity index (χ4v) is 4.53. The molecule has 172 valence electrons. The fourth-order valence-electron chi connectivity index (χ4n) is 4.53. The molecule has 0 spiro atoms. The van der Waals surface area contributed by atoms with Crippen LogP contribution in [0.1, 0.15) is 63.3 Å². The van der Waals surface area contributed by atoms with Crippen LogP contribution in [0, 0.1) is 12.8 Å². The molecular formula is C24H36N2O5. The van der Waals surface area contributed by atoms with Crippen LogP contribution in [0.3, 0.4) is 0 Å². The van der Waals surface area contributed by atoms with E-state index in [1.807, 2.05) is 27.7 Å². The maximum atomic E-state index is 12.2. The molecule has 0 aliphatic carbocycles. The Kier molecular flexibility index (Phi) is 7.81. The number of piperidine rings is 1. The van der Waals surface area contributed by atoms with Gasteiger partial charge in [-0.05, 0) is 64.5 Å². The van der Waals surface area contributed by atoms with Crippen LogP contribution in [0.2, 0.25) is 0 Å². The van der Waals surface area contributed by atoms with Gasteiger partial charge in [0.25, 0.3) is 0 Å². The monoisotopic (exact) mass is 432 g/mol. The van der Waals surface area contributed by atoms with Crippen LogP contribution < -0.4 is 10.1 Å². The lowest BCUT2D eigenvalue weighted by Crippen LogP contribution is -2.45. The van der Waals surface area contributed by atoms with Crippen molar-refractivity contribution in [2.75, 3.05) is 19.6 Å². The van der Waals surface area contributed by atoms with Crippen LogP contribution in [-0.4, -0.2) is 55.3 Å². The molecule has 2 aliphatic heterocycles.